The molecule has 18 heavy (non-hydrogen) atoms. The molecule has 0 saturated carbocycles. The van der Waals surface area contributed by atoms with E-state index in [1.54, 1.807) is 0 Å². The van der Waals surface area contributed by atoms with Crippen molar-refractivity contribution in [3.05, 3.63) is 51.5 Å². The Morgan fingerprint density at radius 1 is 1.17 bits per heavy atom. The minimum atomic E-state index is 0.946. The van der Waals surface area contributed by atoms with Gasteiger partial charge in [0.1, 0.15) is 5.82 Å². The third-order valence-corrected chi connectivity index (χ3v) is 4.21. The van der Waals surface area contributed by atoms with Gasteiger partial charge in [-0.05, 0) is 50.3 Å². The van der Waals surface area contributed by atoms with Crippen molar-refractivity contribution in [1.29, 1.82) is 0 Å². The molecule has 1 aromatic heterocycles. The number of benzene rings is 1. The van der Waals surface area contributed by atoms with Crippen LogP contribution in [0.25, 0.3) is 0 Å². The fourth-order valence-corrected chi connectivity index (χ4v) is 2.98. The summed E-state index contributed by atoms with van der Waals surface area (Å²) in [5.41, 5.74) is 4.13. The highest BCUT2D eigenvalue weighted by atomic mass is 79.9. The molecule has 0 aliphatic heterocycles. The second-order valence-corrected chi connectivity index (χ2v) is 5.89. The largest absolute Gasteiger partial charge is 0.328 e. The van der Waals surface area contributed by atoms with Crippen LogP contribution in [0.4, 0.5) is 0 Å². The second-order valence-electron chi connectivity index (χ2n) is 4.97. The Labute approximate surface area is 116 Å². The highest BCUT2D eigenvalue weighted by Crippen LogP contribution is 2.23. The molecule has 0 radical (unpaired) electrons. The van der Waals surface area contributed by atoms with Crippen LogP contribution in [-0.4, -0.2) is 9.55 Å². The molecule has 1 heterocycles. The van der Waals surface area contributed by atoms with Crippen molar-refractivity contribution in [3.63, 3.8) is 0 Å². The van der Waals surface area contributed by atoms with Crippen LogP contribution < -0.4 is 0 Å². The van der Waals surface area contributed by atoms with Crippen LogP contribution in [0, 0.1) is 6.92 Å². The molecule has 0 spiro atoms. The van der Waals surface area contributed by atoms with E-state index in [0.717, 1.165) is 23.3 Å². The van der Waals surface area contributed by atoms with Crippen molar-refractivity contribution in [1.82, 2.24) is 9.55 Å². The van der Waals surface area contributed by atoms with Gasteiger partial charge >= 0.3 is 0 Å². The molecule has 0 N–H and O–H groups in total. The average molecular weight is 305 g/mol. The fraction of sp³-hybridized carbons (Fsp3) is 0.400. The lowest BCUT2D eigenvalue weighted by molar-refractivity contribution is 0.624. The van der Waals surface area contributed by atoms with E-state index in [4.69, 9.17) is 4.98 Å². The van der Waals surface area contributed by atoms with Crippen LogP contribution >= 0.6 is 15.9 Å². The zero-order valence-electron chi connectivity index (χ0n) is 10.6. The quantitative estimate of drug-likeness (QED) is 0.823. The van der Waals surface area contributed by atoms with Crippen molar-refractivity contribution in [2.45, 2.75) is 39.2 Å². The number of hydrogen-bond donors (Lipinski definition) is 0. The van der Waals surface area contributed by atoms with Gasteiger partial charge in [-0.25, -0.2) is 4.98 Å². The van der Waals surface area contributed by atoms with Gasteiger partial charge in [0.15, 0.2) is 0 Å². The Kier molecular flexibility index (Phi) is 3.25. The summed E-state index contributed by atoms with van der Waals surface area (Å²) in [6.07, 6.45) is 4.94. The number of rotatable bonds is 2. The van der Waals surface area contributed by atoms with Gasteiger partial charge in [0.25, 0.3) is 0 Å². The monoisotopic (exact) mass is 304 g/mol. The van der Waals surface area contributed by atoms with Crippen LogP contribution in [0.1, 0.15) is 35.6 Å². The summed E-state index contributed by atoms with van der Waals surface area (Å²) in [7, 11) is 0. The predicted molar refractivity (Wildman–Crippen MR) is 76.9 cm³/mol. The topological polar surface area (TPSA) is 17.8 Å². The van der Waals surface area contributed by atoms with E-state index < -0.39 is 0 Å². The number of imidazole rings is 1. The maximum absolute atomic E-state index is 4.72. The van der Waals surface area contributed by atoms with Crippen LogP contribution in [0.5, 0.6) is 0 Å². The van der Waals surface area contributed by atoms with Gasteiger partial charge in [0.2, 0.25) is 0 Å². The van der Waals surface area contributed by atoms with Gasteiger partial charge < -0.3 is 4.57 Å². The number of halogens is 1. The van der Waals surface area contributed by atoms with E-state index in [1.807, 2.05) is 0 Å². The molecular formula is C15H17BrN2. The van der Waals surface area contributed by atoms with E-state index in [1.165, 1.54) is 36.2 Å². The first-order chi connectivity index (χ1) is 8.74. The summed E-state index contributed by atoms with van der Waals surface area (Å²) >= 11 is 3.48. The Bertz CT molecular complexity index is 555. The van der Waals surface area contributed by atoms with Gasteiger partial charge in [-0.15, -0.1) is 0 Å². The maximum atomic E-state index is 4.72. The molecule has 1 aliphatic rings. The normalized spacial score (nSPS) is 14.6. The molecule has 0 saturated heterocycles. The van der Waals surface area contributed by atoms with Crippen LogP contribution in [0.3, 0.4) is 0 Å². The van der Waals surface area contributed by atoms with E-state index in [2.05, 4.69) is 51.7 Å². The number of fused-ring (bicyclic) bond motifs is 1. The molecule has 94 valence electrons. The highest BCUT2D eigenvalue weighted by molar-refractivity contribution is 9.10. The molecule has 0 fully saturated rings. The highest BCUT2D eigenvalue weighted by Gasteiger charge is 2.17. The van der Waals surface area contributed by atoms with E-state index >= 15 is 0 Å². The number of nitrogens with zero attached hydrogens (tertiary/aromatic N) is 2. The lowest BCUT2D eigenvalue weighted by atomic mass is 10.0. The first-order valence-electron chi connectivity index (χ1n) is 6.53. The van der Waals surface area contributed by atoms with Crippen LogP contribution in [0.15, 0.2) is 28.7 Å². The lowest BCUT2D eigenvalue weighted by Crippen LogP contribution is -2.10. The molecule has 0 atom stereocenters. The van der Waals surface area contributed by atoms with E-state index in [9.17, 15) is 0 Å². The molecule has 2 nitrogen and oxygen atoms in total. The van der Waals surface area contributed by atoms with Crippen molar-refractivity contribution in [3.8, 4) is 0 Å². The maximum Gasteiger partial charge on any atom is 0.106 e. The van der Waals surface area contributed by atoms with Gasteiger partial charge in [0, 0.05) is 16.7 Å². The molecule has 0 unspecified atom stereocenters. The molecule has 3 rings (SSSR count). The standard InChI is InChI=1S/C15H17BrN2/c1-11-17-14-4-2-3-5-15(14)18(11)10-12-6-8-13(16)9-7-12/h6-9H,2-5,10H2,1H3. The molecule has 3 heteroatoms. The molecule has 1 aromatic carbocycles. The second kappa shape index (κ2) is 4.88. The minimum Gasteiger partial charge on any atom is -0.328 e. The van der Waals surface area contributed by atoms with E-state index in [0.29, 0.717) is 0 Å². The van der Waals surface area contributed by atoms with Gasteiger partial charge in [-0.2, -0.15) is 0 Å². The zero-order valence-corrected chi connectivity index (χ0v) is 12.2. The zero-order chi connectivity index (χ0) is 12.5. The summed E-state index contributed by atoms with van der Waals surface area (Å²) in [6, 6.07) is 8.57. The Morgan fingerprint density at radius 2 is 1.89 bits per heavy atom. The summed E-state index contributed by atoms with van der Waals surface area (Å²) < 4.78 is 3.52. The molecule has 2 aromatic rings. The summed E-state index contributed by atoms with van der Waals surface area (Å²) in [4.78, 5) is 4.72. The lowest BCUT2D eigenvalue weighted by Gasteiger charge is -2.15. The van der Waals surface area contributed by atoms with Crippen molar-refractivity contribution >= 4 is 15.9 Å². The third kappa shape index (κ3) is 2.24. The molecular weight excluding hydrogens is 288 g/mol. The SMILES string of the molecule is Cc1nc2c(n1Cc1ccc(Br)cc1)CCCC2. The smallest absolute Gasteiger partial charge is 0.106 e. The van der Waals surface area contributed by atoms with Crippen LogP contribution in [0.2, 0.25) is 0 Å². The first kappa shape index (κ1) is 12.0. The minimum absolute atomic E-state index is 0.946. The van der Waals surface area contributed by atoms with Crippen molar-refractivity contribution in [2.24, 2.45) is 0 Å². The number of aromatic nitrogens is 2. The van der Waals surface area contributed by atoms with Gasteiger partial charge in [0.05, 0.1) is 5.69 Å². The summed E-state index contributed by atoms with van der Waals surface area (Å²) in [6.45, 7) is 3.07. The predicted octanol–water partition coefficient (Wildman–Crippen LogP) is 3.88. The molecule has 1 aliphatic carbocycles. The van der Waals surface area contributed by atoms with E-state index in [-0.39, 0.29) is 0 Å². The number of hydrogen-bond acceptors (Lipinski definition) is 1. The Hall–Kier alpha value is -1.09. The van der Waals surface area contributed by atoms with Gasteiger partial charge in [-0.3, -0.25) is 0 Å². The fourth-order valence-electron chi connectivity index (χ4n) is 2.72. The molecule has 0 bridgehead atoms. The Morgan fingerprint density at radius 3 is 2.67 bits per heavy atom. The summed E-state index contributed by atoms with van der Waals surface area (Å²) in [5.74, 6) is 1.16. The van der Waals surface area contributed by atoms with Crippen molar-refractivity contribution < 1.29 is 0 Å². The molecule has 0 amide bonds. The van der Waals surface area contributed by atoms with Gasteiger partial charge in [-0.1, -0.05) is 28.1 Å². The Balaban J connectivity index is 1.92. The first-order valence-corrected chi connectivity index (χ1v) is 7.32. The summed E-state index contributed by atoms with van der Waals surface area (Å²) in [5, 5.41) is 0. The third-order valence-electron chi connectivity index (χ3n) is 3.68. The van der Waals surface area contributed by atoms with Crippen LogP contribution in [-0.2, 0) is 19.4 Å². The average Bonchev–Trinajstić information content (AvgIpc) is 2.69. The van der Waals surface area contributed by atoms with Crippen molar-refractivity contribution in [2.75, 3.05) is 0 Å². The number of aryl methyl sites for hydroxylation is 2.